The van der Waals surface area contributed by atoms with Crippen LogP contribution in [0.1, 0.15) is 121 Å². The van der Waals surface area contributed by atoms with E-state index in [-0.39, 0.29) is 28.4 Å². The van der Waals surface area contributed by atoms with E-state index in [0.717, 1.165) is 0 Å². The van der Waals surface area contributed by atoms with Crippen LogP contribution in [-0.4, -0.2) is 6.71 Å². The molecule has 0 spiro atoms. The van der Waals surface area contributed by atoms with Crippen molar-refractivity contribution in [2.45, 2.75) is 125 Å². The summed E-state index contributed by atoms with van der Waals surface area (Å²) < 4.78 is 2.84. The van der Waals surface area contributed by atoms with Crippen molar-refractivity contribution in [1.29, 1.82) is 0 Å². The Kier molecular flexibility index (Phi) is 8.84. The Hall–Kier alpha value is -5.06. The van der Waals surface area contributed by atoms with Gasteiger partial charge in [-0.05, 0) is 154 Å². The maximum absolute atomic E-state index is 2.66. The number of fused-ring (bicyclic) bond motifs is 7. The fourth-order valence-electron chi connectivity index (χ4n) is 10.6. The van der Waals surface area contributed by atoms with E-state index in [1.807, 2.05) is 11.3 Å². The number of nitrogens with zero attached hydrogens (tertiary/aromatic N) is 2. The van der Waals surface area contributed by atoms with Crippen molar-refractivity contribution in [1.82, 2.24) is 0 Å². The average Bonchev–Trinajstić information content (AvgIpc) is 3.57. The highest BCUT2D eigenvalue weighted by Gasteiger charge is 2.47. The quantitative estimate of drug-likeness (QED) is 0.164. The molecule has 1 aliphatic carbocycles. The fourth-order valence-corrected chi connectivity index (χ4v) is 11.9. The molecule has 3 aliphatic rings. The molecule has 0 fully saturated rings. The van der Waals surface area contributed by atoms with Crippen molar-refractivity contribution in [2.24, 2.45) is 0 Å². The van der Waals surface area contributed by atoms with Crippen LogP contribution in [0.4, 0.5) is 34.1 Å². The van der Waals surface area contributed by atoms with E-state index in [2.05, 4.69) is 209 Å². The number of hydrogen-bond donors (Lipinski definition) is 0. The molecule has 0 unspecified atom stereocenters. The van der Waals surface area contributed by atoms with Crippen LogP contribution in [0.3, 0.4) is 0 Å². The summed E-state index contributed by atoms with van der Waals surface area (Å²) >= 11 is 2.04. The predicted octanol–water partition coefficient (Wildman–Crippen LogP) is 14.5. The second-order valence-corrected chi connectivity index (χ2v) is 23.1. The van der Waals surface area contributed by atoms with E-state index in [4.69, 9.17) is 0 Å². The number of benzene rings is 6. The zero-order chi connectivity index (χ0) is 43.1. The van der Waals surface area contributed by atoms with E-state index in [1.54, 1.807) is 0 Å². The minimum absolute atomic E-state index is 0.0125. The molecule has 0 N–H and O–H groups in total. The topological polar surface area (TPSA) is 6.48 Å². The predicted molar refractivity (Wildman–Crippen MR) is 268 cm³/mol. The van der Waals surface area contributed by atoms with Crippen LogP contribution in [0.5, 0.6) is 0 Å². The van der Waals surface area contributed by atoms with Crippen LogP contribution in [0.2, 0.25) is 0 Å². The van der Waals surface area contributed by atoms with Gasteiger partial charge in [0.2, 0.25) is 0 Å². The Balaban J connectivity index is 1.33. The first-order chi connectivity index (χ1) is 28.7. The van der Waals surface area contributed by atoms with Crippen LogP contribution in [-0.2, 0) is 21.7 Å². The molecule has 61 heavy (non-hydrogen) atoms. The first kappa shape index (κ1) is 40.0. The summed E-state index contributed by atoms with van der Waals surface area (Å²) in [7, 11) is 0. The molecular weight excluding hydrogens is 756 g/mol. The van der Waals surface area contributed by atoms with E-state index in [1.165, 1.54) is 123 Å². The molecule has 2 nitrogen and oxygen atoms in total. The molecule has 0 saturated heterocycles. The van der Waals surface area contributed by atoms with Crippen molar-refractivity contribution in [3.63, 3.8) is 0 Å². The van der Waals surface area contributed by atoms with Crippen LogP contribution in [0.25, 0.3) is 21.2 Å². The van der Waals surface area contributed by atoms with Crippen molar-refractivity contribution >= 4 is 78.0 Å². The van der Waals surface area contributed by atoms with Gasteiger partial charge in [0.1, 0.15) is 0 Å². The fraction of sp³-hybridized carbons (Fsp3) is 0.333. The lowest BCUT2D eigenvalue weighted by atomic mass is 9.36. The molecule has 4 heteroatoms. The molecule has 3 heterocycles. The van der Waals surface area contributed by atoms with E-state index in [9.17, 15) is 0 Å². The van der Waals surface area contributed by atoms with Gasteiger partial charge in [-0.2, -0.15) is 0 Å². The number of rotatable bonds is 3. The van der Waals surface area contributed by atoms with E-state index in [0.29, 0.717) is 0 Å². The lowest BCUT2D eigenvalue weighted by Gasteiger charge is -2.44. The molecule has 6 aromatic carbocycles. The van der Waals surface area contributed by atoms with E-state index < -0.39 is 0 Å². The average molecular weight is 817 g/mol. The Morgan fingerprint density at radius 1 is 0.541 bits per heavy atom. The molecule has 0 radical (unpaired) electrons. The lowest BCUT2D eigenvalue weighted by molar-refractivity contribution is 0.332. The Morgan fingerprint density at radius 3 is 1.75 bits per heavy atom. The number of anilines is 6. The second kappa shape index (κ2) is 13.5. The maximum atomic E-state index is 2.66. The minimum atomic E-state index is -0.0125. The third kappa shape index (κ3) is 6.33. The van der Waals surface area contributed by atoms with Gasteiger partial charge in [-0.1, -0.05) is 135 Å². The summed E-state index contributed by atoms with van der Waals surface area (Å²) in [4.78, 5) is 5.28. The molecule has 7 aromatic rings. The van der Waals surface area contributed by atoms with Crippen LogP contribution in [0, 0.1) is 20.8 Å². The Labute approximate surface area is 369 Å². The molecule has 0 bridgehead atoms. The first-order valence-corrected chi connectivity index (χ1v) is 23.3. The lowest BCUT2D eigenvalue weighted by Crippen LogP contribution is -2.60. The normalized spacial score (nSPS) is 16.3. The zero-order valence-corrected chi connectivity index (χ0v) is 39.5. The van der Waals surface area contributed by atoms with Crippen LogP contribution >= 0.6 is 11.3 Å². The van der Waals surface area contributed by atoms with Crippen molar-refractivity contribution in [2.75, 3.05) is 9.80 Å². The monoisotopic (exact) mass is 816 g/mol. The Bertz CT molecular complexity index is 2910. The summed E-state index contributed by atoms with van der Waals surface area (Å²) in [6.45, 7) is 30.7. The zero-order valence-electron chi connectivity index (χ0n) is 38.7. The van der Waals surface area contributed by atoms with E-state index >= 15 is 0 Å². The molecule has 0 atom stereocenters. The third-order valence-electron chi connectivity index (χ3n) is 14.4. The molecule has 10 rings (SSSR count). The number of aryl methyl sites for hydroxylation is 3. The van der Waals surface area contributed by atoms with Gasteiger partial charge in [-0.3, -0.25) is 0 Å². The standard InChI is InChI=1S/C57H61BN2S/c1-34-14-17-37(18-15-34)41-24-16-35(2)28-47(41)60-46-25-21-39(55(7,8)9)31-45(46)58-51-48(29-36(3)30-49(51)60)59(40-22-19-38(20-23-40)54(4,5)6)52-42-32-43-44(33-50(42)61-53(52)58)57(12,13)27-26-56(43,10)11/h14-25,28-33H,26-27H2,1-13H3. The summed E-state index contributed by atoms with van der Waals surface area (Å²) in [6, 6.07) is 43.2. The highest BCUT2D eigenvalue weighted by molar-refractivity contribution is 7.33. The van der Waals surface area contributed by atoms with Gasteiger partial charge in [0, 0.05) is 43.2 Å². The van der Waals surface area contributed by atoms with Crippen molar-refractivity contribution < 1.29 is 0 Å². The van der Waals surface area contributed by atoms with Gasteiger partial charge < -0.3 is 9.80 Å². The molecule has 2 aliphatic heterocycles. The third-order valence-corrected chi connectivity index (χ3v) is 15.6. The van der Waals surface area contributed by atoms with Crippen LogP contribution < -0.4 is 25.5 Å². The van der Waals surface area contributed by atoms with Gasteiger partial charge >= 0.3 is 0 Å². The maximum Gasteiger partial charge on any atom is 0.264 e. The SMILES string of the molecule is Cc1ccc(-c2ccc(C)cc2N2c3ccc(C(C)(C)C)cc3B3c4sc5cc6c(cc5c4N(c4ccc(C(C)(C)C)cc4)c4cc(C)cc2c43)C(C)(C)CCC6(C)C)cc1. The van der Waals surface area contributed by atoms with Gasteiger partial charge in [0.15, 0.2) is 0 Å². The summed E-state index contributed by atoms with van der Waals surface area (Å²) in [5, 5.41) is 1.38. The first-order valence-electron chi connectivity index (χ1n) is 22.5. The highest BCUT2D eigenvalue weighted by Crippen LogP contribution is 2.53. The Morgan fingerprint density at radius 2 is 1.11 bits per heavy atom. The van der Waals surface area contributed by atoms with Gasteiger partial charge in [0.05, 0.1) is 11.4 Å². The summed E-state index contributed by atoms with van der Waals surface area (Å²) in [6.07, 6.45) is 2.40. The second-order valence-electron chi connectivity index (χ2n) is 22.0. The highest BCUT2D eigenvalue weighted by atomic mass is 32.1. The van der Waals surface area contributed by atoms with Gasteiger partial charge in [0.25, 0.3) is 6.71 Å². The van der Waals surface area contributed by atoms with Gasteiger partial charge in [-0.25, -0.2) is 0 Å². The molecular formula is C57H61BN2S. The molecule has 1 aromatic heterocycles. The molecule has 0 saturated carbocycles. The minimum Gasteiger partial charge on any atom is -0.311 e. The number of thiophene rings is 1. The molecule has 308 valence electrons. The largest absolute Gasteiger partial charge is 0.311 e. The van der Waals surface area contributed by atoms with Crippen molar-refractivity contribution in [3.05, 3.63) is 148 Å². The number of hydrogen-bond acceptors (Lipinski definition) is 3. The van der Waals surface area contributed by atoms with Crippen molar-refractivity contribution in [3.8, 4) is 11.1 Å². The smallest absolute Gasteiger partial charge is 0.264 e. The summed E-state index contributed by atoms with van der Waals surface area (Å²) in [5.74, 6) is 0. The molecule has 0 amide bonds. The van der Waals surface area contributed by atoms with Crippen LogP contribution in [0.15, 0.2) is 109 Å². The summed E-state index contributed by atoms with van der Waals surface area (Å²) in [5.41, 5.74) is 22.7. The van der Waals surface area contributed by atoms with Gasteiger partial charge in [-0.15, -0.1) is 11.3 Å².